The number of hydrogen-bond acceptors (Lipinski definition) is 5. The monoisotopic (exact) mass is 338 g/mol. The Morgan fingerprint density at radius 3 is 2.17 bits per heavy atom. The Labute approximate surface area is 132 Å². The molecule has 0 aliphatic carbocycles. The Kier molecular flexibility index (Phi) is 3.71. The van der Waals surface area contributed by atoms with Gasteiger partial charge in [-0.2, -0.15) is 0 Å². The van der Waals surface area contributed by atoms with Gasteiger partial charge < -0.3 is 15.2 Å². The second-order valence-corrected chi connectivity index (χ2v) is 6.96. The van der Waals surface area contributed by atoms with E-state index in [9.17, 15) is 23.1 Å². The zero-order valence-electron chi connectivity index (χ0n) is 11.7. The molecule has 122 valence electrons. The molecule has 4 N–H and O–H groups in total. The SMILES string of the molecule is NS(=O)(=O)c1ccc(NC(=O)[C@H]2[C@@H](C(=O)O)[C@H]3C=C[C@H]2O3)cc1. The van der Waals surface area contributed by atoms with Gasteiger partial charge in [0.1, 0.15) is 5.92 Å². The molecule has 3 rings (SSSR count). The van der Waals surface area contributed by atoms with Crippen molar-refractivity contribution in [2.45, 2.75) is 17.1 Å². The van der Waals surface area contributed by atoms with Crippen molar-refractivity contribution in [3.8, 4) is 0 Å². The molecule has 23 heavy (non-hydrogen) atoms. The van der Waals surface area contributed by atoms with E-state index in [1.807, 2.05) is 0 Å². The minimum absolute atomic E-state index is 0.0786. The molecule has 8 nitrogen and oxygen atoms in total. The van der Waals surface area contributed by atoms with Crippen molar-refractivity contribution in [2.24, 2.45) is 17.0 Å². The van der Waals surface area contributed by atoms with Gasteiger partial charge >= 0.3 is 5.97 Å². The molecular weight excluding hydrogens is 324 g/mol. The number of nitrogens with two attached hydrogens (primary N) is 1. The highest BCUT2D eigenvalue weighted by Crippen LogP contribution is 2.39. The lowest BCUT2D eigenvalue weighted by atomic mass is 9.82. The molecule has 0 saturated carbocycles. The van der Waals surface area contributed by atoms with E-state index in [0.717, 1.165) is 0 Å². The van der Waals surface area contributed by atoms with Crippen LogP contribution in [0.5, 0.6) is 0 Å². The smallest absolute Gasteiger partial charge is 0.310 e. The highest BCUT2D eigenvalue weighted by atomic mass is 32.2. The Bertz CT molecular complexity index is 786. The molecule has 0 radical (unpaired) electrons. The topological polar surface area (TPSA) is 136 Å². The maximum absolute atomic E-state index is 12.4. The van der Waals surface area contributed by atoms with E-state index < -0.39 is 45.9 Å². The zero-order chi connectivity index (χ0) is 16.8. The van der Waals surface area contributed by atoms with Gasteiger partial charge in [0, 0.05) is 5.69 Å². The first-order valence-electron chi connectivity index (χ1n) is 6.78. The summed E-state index contributed by atoms with van der Waals surface area (Å²) in [6.45, 7) is 0. The lowest BCUT2D eigenvalue weighted by molar-refractivity contribution is -0.145. The van der Waals surface area contributed by atoms with Crippen LogP contribution in [0.4, 0.5) is 5.69 Å². The van der Waals surface area contributed by atoms with E-state index in [-0.39, 0.29) is 4.90 Å². The number of benzene rings is 1. The first-order valence-corrected chi connectivity index (χ1v) is 8.32. The number of carbonyl (C=O) groups excluding carboxylic acids is 1. The Balaban J connectivity index is 1.77. The number of carbonyl (C=O) groups is 2. The molecule has 1 fully saturated rings. The van der Waals surface area contributed by atoms with Crippen LogP contribution < -0.4 is 10.5 Å². The normalized spacial score (nSPS) is 28.7. The number of carboxylic acid groups (broad SMARTS) is 1. The minimum Gasteiger partial charge on any atom is -0.481 e. The van der Waals surface area contributed by atoms with E-state index in [1.165, 1.54) is 24.3 Å². The number of carboxylic acids is 1. The van der Waals surface area contributed by atoms with E-state index in [2.05, 4.69) is 5.32 Å². The average molecular weight is 338 g/mol. The van der Waals surface area contributed by atoms with Crippen molar-refractivity contribution in [2.75, 3.05) is 5.32 Å². The fourth-order valence-electron chi connectivity index (χ4n) is 2.87. The van der Waals surface area contributed by atoms with E-state index in [0.29, 0.717) is 5.69 Å². The van der Waals surface area contributed by atoms with Crippen molar-refractivity contribution >= 4 is 27.6 Å². The summed E-state index contributed by atoms with van der Waals surface area (Å²) in [5, 5.41) is 16.8. The molecule has 0 spiro atoms. The number of hydrogen-bond donors (Lipinski definition) is 3. The Morgan fingerprint density at radius 2 is 1.65 bits per heavy atom. The summed E-state index contributed by atoms with van der Waals surface area (Å²) in [5.74, 6) is -3.35. The molecule has 4 atom stereocenters. The van der Waals surface area contributed by atoms with Crippen LogP contribution in [0.25, 0.3) is 0 Å². The Hall–Kier alpha value is -2.23. The average Bonchev–Trinajstić information content (AvgIpc) is 3.07. The summed E-state index contributed by atoms with van der Waals surface area (Å²) in [6.07, 6.45) is 2.16. The van der Waals surface area contributed by atoms with Crippen LogP contribution in [0.15, 0.2) is 41.3 Å². The fraction of sp³-hybridized carbons (Fsp3) is 0.286. The van der Waals surface area contributed by atoms with Gasteiger partial charge in [0.2, 0.25) is 15.9 Å². The van der Waals surface area contributed by atoms with Crippen molar-refractivity contribution < 1.29 is 27.9 Å². The maximum Gasteiger partial charge on any atom is 0.310 e. The molecule has 0 unspecified atom stereocenters. The number of sulfonamides is 1. The number of amides is 1. The van der Waals surface area contributed by atoms with Crippen LogP contribution in [0.3, 0.4) is 0 Å². The standard InChI is InChI=1S/C14H14N2O6S/c15-23(20,21)8-3-1-7(2-4-8)16-13(17)11-9-5-6-10(22-9)12(11)14(18)19/h1-6,9-12H,(H,16,17)(H,18,19)(H2,15,20,21)/t9-,10-,11-,12+/m1/s1. The number of rotatable bonds is 4. The number of primary sulfonamides is 1. The van der Waals surface area contributed by atoms with Gasteiger partial charge in [0.15, 0.2) is 0 Å². The van der Waals surface area contributed by atoms with Gasteiger partial charge in [-0.15, -0.1) is 0 Å². The number of aliphatic carboxylic acids is 1. The third-order valence-corrected chi connectivity index (χ3v) is 4.87. The van der Waals surface area contributed by atoms with Crippen LogP contribution in [0.2, 0.25) is 0 Å². The van der Waals surface area contributed by atoms with Gasteiger partial charge in [-0.05, 0) is 24.3 Å². The van der Waals surface area contributed by atoms with Crippen LogP contribution in [0.1, 0.15) is 0 Å². The highest BCUT2D eigenvalue weighted by molar-refractivity contribution is 7.89. The molecule has 2 bridgehead atoms. The molecular formula is C14H14N2O6S. The third kappa shape index (κ3) is 2.85. The van der Waals surface area contributed by atoms with E-state index in [1.54, 1.807) is 12.2 Å². The van der Waals surface area contributed by atoms with Crippen LogP contribution in [-0.4, -0.2) is 37.6 Å². The second-order valence-electron chi connectivity index (χ2n) is 5.40. The molecule has 2 aliphatic heterocycles. The van der Waals surface area contributed by atoms with Crippen LogP contribution >= 0.6 is 0 Å². The fourth-order valence-corrected chi connectivity index (χ4v) is 3.38. The number of nitrogens with one attached hydrogen (secondary N) is 1. The van der Waals surface area contributed by atoms with Gasteiger partial charge in [-0.1, -0.05) is 12.2 Å². The lowest BCUT2D eigenvalue weighted by Crippen LogP contribution is -2.39. The van der Waals surface area contributed by atoms with Crippen LogP contribution in [-0.2, 0) is 24.3 Å². The molecule has 1 amide bonds. The number of anilines is 1. The van der Waals surface area contributed by atoms with Crippen molar-refractivity contribution in [3.63, 3.8) is 0 Å². The first kappa shape index (κ1) is 15.7. The van der Waals surface area contributed by atoms with Gasteiger partial charge in [-0.3, -0.25) is 9.59 Å². The van der Waals surface area contributed by atoms with Gasteiger partial charge in [0.05, 0.1) is 23.0 Å². The van der Waals surface area contributed by atoms with Crippen molar-refractivity contribution in [1.29, 1.82) is 0 Å². The minimum atomic E-state index is -3.81. The quantitative estimate of drug-likeness (QED) is 0.657. The molecule has 0 aromatic heterocycles. The van der Waals surface area contributed by atoms with Crippen molar-refractivity contribution in [1.82, 2.24) is 0 Å². The molecule has 2 aliphatic rings. The highest BCUT2D eigenvalue weighted by Gasteiger charge is 2.53. The van der Waals surface area contributed by atoms with E-state index >= 15 is 0 Å². The lowest BCUT2D eigenvalue weighted by Gasteiger charge is -2.21. The molecule has 1 aromatic carbocycles. The van der Waals surface area contributed by atoms with Crippen LogP contribution in [0, 0.1) is 11.8 Å². The summed E-state index contributed by atoms with van der Waals surface area (Å²) >= 11 is 0. The molecule has 1 aromatic rings. The molecule has 1 saturated heterocycles. The van der Waals surface area contributed by atoms with Gasteiger partial charge in [0.25, 0.3) is 0 Å². The van der Waals surface area contributed by atoms with E-state index in [4.69, 9.17) is 9.88 Å². The largest absolute Gasteiger partial charge is 0.481 e. The zero-order valence-corrected chi connectivity index (χ0v) is 12.6. The molecule has 9 heteroatoms. The third-order valence-electron chi connectivity index (χ3n) is 3.94. The number of fused-ring (bicyclic) bond motifs is 2. The van der Waals surface area contributed by atoms with Gasteiger partial charge in [-0.25, -0.2) is 13.6 Å². The predicted molar refractivity (Wildman–Crippen MR) is 78.9 cm³/mol. The summed E-state index contributed by atoms with van der Waals surface area (Å²) in [4.78, 5) is 23.6. The summed E-state index contributed by atoms with van der Waals surface area (Å²) < 4.78 is 27.8. The first-order chi connectivity index (χ1) is 10.8. The molecule has 2 heterocycles. The number of ether oxygens (including phenoxy) is 1. The summed E-state index contributed by atoms with van der Waals surface area (Å²) in [5.41, 5.74) is 0.346. The van der Waals surface area contributed by atoms with Crippen molar-refractivity contribution in [3.05, 3.63) is 36.4 Å². The second kappa shape index (κ2) is 5.44. The Morgan fingerprint density at radius 1 is 1.09 bits per heavy atom. The maximum atomic E-state index is 12.4. The predicted octanol–water partition coefficient (Wildman–Crippen LogP) is -0.0733. The summed E-state index contributed by atoms with van der Waals surface area (Å²) in [7, 11) is -3.81. The summed E-state index contributed by atoms with van der Waals surface area (Å²) in [6, 6.07) is 5.29.